The fourth-order valence-corrected chi connectivity index (χ4v) is 3.59. The molecule has 0 aliphatic carbocycles. The maximum Gasteiger partial charge on any atom is 0.187 e. The first-order valence-corrected chi connectivity index (χ1v) is 9.06. The van der Waals surface area contributed by atoms with E-state index in [9.17, 15) is 0 Å². The van der Waals surface area contributed by atoms with Crippen molar-refractivity contribution >= 4 is 23.1 Å². The molecule has 2 heterocycles. The number of aromatic nitrogens is 3. The first kappa shape index (κ1) is 15.2. The number of hydrogen-bond donors (Lipinski definition) is 0. The zero-order valence-electron chi connectivity index (χ0n) is 12.6. The van der Waals surface area contributed by atoms with Gasteiger partial charge in [-0.15, -0.1) is 11.3 Å². The summed E-state index contributed by atoms with van der Waals surface area (Å²) in [4.78, 5) is 13.3. The van der Waals surface area contributed by atoms with Crippen LogP contribution in [0.2, 0.25) is 0 Å². The lowest BCUT2D eigenvalue weighted by Crippen LogP contribution is -1.88. The van der Waals surface area contributed by atoms with E-state index in [2.05, 4.69) is 46.5 Å². The molecule has 3 rings (SSSR count). The summed E-state index contributed by atoms with van der Waals surface area (Å²) in [7, 11) is 0. The van der Waals surface area contributed by atoms with E-state index >= 15 is 0 Å². The van der Waals surface area contributed by atoms with Crippen LogP contribution >= 0.6 is 23.1 Å². The van der Waals surface area contributed by atoms with Gasteiger partial charge in [-0.05, 0) is 24.5 Å². The molecule has 0 atom stereocenters. The first-order valence-electron chi connectivity index (χ1n) is 7.20. The number of thioether (sulfide) groups is 1. The lowest BCUT2D eigenvalue weighted by molar-refractivity contribution is 0.948. The number of nitrogens with zero attached hydrogens (tertiary/aromatic N) is 3. The SMILES string of the molecule is CCc1ccc(-c2nc(CSc3ncc(C)cn3)cs2)cc1. The average Bonchev–Trinajstić information content (AvgIpc) is 3.03. The summed E-state index contributed by atoms with van der Waals surface area (Å²) in [5.41, 5.74) is 4.70. The molecule has 0 aliphatic rings. The van der Waals surface area contributed by atoms with E-state index in [1.807, 2.05) is 19.3 Å². The molecule has 2 aromatic heterocycles. The number of hydrogen-bond acceptors (Lipinski definition) is 5. The molecule has 0 saturated heterocycles. The van der Waals surface area contributed by atoms with Crippen molar-refractivity contribution in [3.8, 4) is 10.6 Å². The highest BCUT2D eigenvalue weighted by atomic mass is 32.2. The lowest BCUT2D eigenvalue weighted by Gasteiger charge is -1.99. The zero-order valence-corrected chi connectivity index (χ0v) is 14.2. The van der Waals surface area contributed by atoms with Gasteiger partial charge in [0.2, 0.25) is 0 Å². The highest BCUT2D eigenvalue weighted by Crippen LogP contribution is 2.27. The maximum atomic E-state index is 4.71. The van der Waals surface area contributed by atoms with Gasteiger partial charge in [-0.25, -0.2) is 15.0 Å². The maximum absolute atomic E-state index is 4.71. The molecule has 0 fully saturated rings. The van der Waals surface area contributed by atoms with Gasteiger partial charge < -0.3 is 0 Å². The van der Waals surface area contributed by atoms with Crippen molar-refractivity contribution in [2.45, 2.75) is 31.2 Å². The van der Waals surface area contributed by atoms with E-state index in [1.165, 1.54) is 11.1 Å². The minimum Gasteiger partial charge on any atom is -0.240 e. The quantitative estimate of drug-likeness (QED) is 0.500. The monoisotopic (exact) mass is 327 g/mol. The first-order chi connectivity index (χ1) is 10.7. The van der Waals surface area contributed by atoms with Crippen molar-refractivity contribution in [1.82, 2.24) is 15.0 Å². The Kier molecular flexibility index (Phi) is 4.85. The van der Waals surface area contributed by atoms with Crippen molar-refractivity contribution in [2.24, 2.45) is 0 Å². The predicted octanol–water partition coefficient (Wildman–Crippen LogP) is 4.76. The predicted molar refractivity (Wildman–Crippen MR) is 93.3 cm³/mol. The van der Waals surface area contributed by atoms with Crippen LogP contribution in [0, 0.1) is 6.92 Å². The fraction of sp³-hybridized carbons (Fsp3) is 0.235. The van der Waals surface area contributed by atoms with Gasteiger partial charge in [0, 0.05) is 29.1 Å². The van der Waals surface area contributed by atoms with Crippen LogP contribution in [-0.2, 0) is 12.2 Å². The summed E-state index contributed by atoms with van der Waals surface area (Å²) in [5, 5.41) is 3.99. The van der Waals surface area contributed by atoms with Crippen molar-refractivity contribution in [3.05, 3.63) is 58.9 Å². The molecule has 112 valence electrons. The third-order valence-electron chi connectivity index (χ3n) is 3.27. The molecule has 3 nitrogen and oxygen atoms in total. The summed E-state index contributed by atoms with van der Waals surface area (Å²) in [5.74, 6) is 0.798. The van der Waals surface area contributed by atoms with E-state index in [0.29, 0.717) is 0 Å². The molecule has 22 heavy (non-hydrogen) atoms. The molecule has 0 saturated carbocycles. The molecule has 3 aromatic rings. The smallest absolute Gasteiger partial charge is 0.187 e. The molecule has 5 heteroatoms. The van der Waals surface area contributed by atoms with Crippen LogP contribution in [0.3, 0.4) is 0 Å². The Morgan fingerprint density at radius 3 is 2.50 bits per heavy atom. The van der Waals surface area contributed by atoms with E-state index < -0.39 is 0 Å². The van der Waals surface area contributed by atoms with Gasteiger partial charge in [-0.3, -0.25) is 0 Å². The van der Waals surface area contributed by atoms with Crippen molar-refractivity contribution in [1.29, 1.82) is 0 Å². The Morgan fingerprint density at radius 1 is 1.09 bits per heavy atom. The van der Waals surface area contributed by atoms with Crippen LogP contribution in [0.25, 0.3) is 10.6 Å². The van der Waals surface area contributed by atoms with Gasteiger partial charge in [0.1, 0.15) is 5.01 Å². The van der Waals surface area contributed by atoms with Crippen LogP contribution in [0.4, 0.5) is 0 Å². The number of aryl methyl sites for hydroxylation is 2. The second-order valence-corrected chi connectivity index (χ2v) is 6.83. The standard InChI is InChI=1S/C17H17N3S2/c1-3-13-4-6-14(7-5-13)16-20-15(10-21-16)11-22-17-18-8-12(2)9-19-17/h4-10H,3,11H2,1-2H3. The minimum atomic E-state index is 0.798. The van der Waals surface area contributed by atoms with E-state index in [4.69, 9.17) is 4.98 Å². The van der Waals surface area contributed by atoms with Gasteiger partial charge in [0.25, 0.3) is 0 Å². The normalized spacial score (nSPS) is 10.8. The molecule has 0 bridgehead atoms. The molecular weight excluding hydrogens is 310 g/mol. The minimum absolute atomic E-state index is 0.798. The van der Waals surface area contributed by atoms with E-state index in [-0.39, 0.29) is 0 Å². The molecule has 0 aliphatic heterocycles. The average molecular weight is 327 g/mol. The van der Waals surface area contributed by atoms with Crippen LogP contribution in [-0.4, -0.2) is 15.0 Å². The third kappa shape index (κ3) is 3.72. The van der Waals surface area contributed by atoms with Crippen molar-refractivity contribution in [2.75, 3.05) is 0 Å². The largest absolute Gasteiger partial charge is 0.240 e. The number of benzene rings is 1. The van der Waals surface area contributed by atoms with Crippen molar-refractivity contribution < 1.29 is 0 Å². The number of rotatable bonds is 5. The molecular formula is C17H17N3S2. The third-order valence-corrected chi connectivity index (χ3v) is 5.12. The molecule has 0 spiro atoms. The van der Waals surface area contributed by atoms with Crippen LogP contribution in [0.5, 0.6) is 0 Å². The van der Waals surface area contributed by atoms with Crippen molar-refractivity contribution in [3.63, 3.8) is 0 Å². The lowest BCUT2D eigenvalue weighted by atomic mass is 10.1. The van der Waals surface area contributed by atoms with Crippen LogP contribution in [0.15, 0.2) is 47.2 Å². The molecule has 0 radical (unpaired) electrons. The Bertz CT molecular complexity index is 733. The van der Waals surface area contributed by atoms with Crippen LogP contribution in [0.1, 0.15) is 23.7 Å². The zero-order chi connectivity index (χ0) is 15.4. The molecule has 0 amide bonds. The Hall–Kier alpha value is -1.72. The summed E-state index contributed by atoms with van der Waals surface area (Å²) < 4.78 is 0. The Morgan fingerprint density at radius 2 is 1.82 bits per heavy atom. The Labute approximate surface area is 138 Å². The van der Waals surface area contributed by atoms with Crippen LogP contribution < -0.4 is 0 Å². The summed E-state index contributed by atoms with van der Waals surface area (Å²) >= 11 is 3.31. The summed E-state index contributed by atoms with van der Waals surface area (Å²) in [6.45, 7) is 4.16. The number of thiazole rings is 1. The van der Waals surface area contributed by atoms with Gasteiger partial charge in [-0.1, -0.05) is 43.0 Å². The second kappa shape index (κ2) is 7.03. The topological polar surface area (TPSA) is 38.7 Å². The molecule has 0 N–H and O–H groups in total. The fourth-order valence-electron chi connectivity index (χ4n) is 1.98. The van der Waals surface area contributed by atoms with E-state index in [1.54, 1.807) is 23.1 Å². The second-order valence-electron chi connectivity index (χ2n) is 5.03. The van der Waals surface area contributed by atoms with E-state index in [0.717, 1.165) is 33.6 Å². The van der Waals surface area contributed by atoms with Gasteiger partial charge in [0.05, 0.1) is 5.69 Å². The highest BCUT2D eigenvalue weighted by molar-refractivity contribution is 7.98. The summed E-state index contributed by atoms with van der Waals surface area (Å²) in [6, 6.07) is 8.64. The van der Waals surface area contributed by atoms with Gasteiger partial charge in [-0.2, -0.15) is 0 Å². The Balaban J connectivity index is 1.66. The summed E-state index contributed by atoms with van der Waals surface area (Å²) in [6.07, 6.45) is 4.75. The van der Waals surface area contributed by atoms with Gasteiger partial charge in [0.15, 0.2) is 5.16 Å². The highest BCUT2D eigenvalue weighted by Gasteiger charge is 2.06. The molecule has 0 unspecified atom stereocenters. The van der Waals surface area contributed by atoms with Gasteiger partial charge >= 0.3 is 0 Å². The molecule has 1 aromatic carbocycles.